The summed E-state index contributed by atoms with van der Waals surface area (Å²) < 4.78 is 0. The summed E-state index contributed by atoms with van der Waals surface area (Å²) in [7, 11) is 0. The Morgan fingerprint density at radius 2 is 1.43 bits per heavy atom. The van der Waals surface area contributed by atoms with Crippen LogP contribution in [0.2, 0.25) is 0 Å². The van der Waals surface area contributed by atoms with Crippen molar-refractivity contribution < 1.29 is 0 Å². The van der Waals surface area contributed by atoms with Crippen LogP contribution in [0.4, 0.5) is 0 Å². The van der Waals surface area contributed by atoms with Crippen LogP contribution in [0.5, 0.6) is 0 Å². The number of rotatable bonds is 5. The summed E-state index contributed by atoms with van der Waals surface area (Å²) in [6, 6.07) is 0. The molecule has 132 valence electrons. The molecule has 4 unspecified atom stereocenters. The van der Waals surface area contributed by atoms with Crippen molar-refractivity contribution in [3.63, 3.8) is 0 Å². The zero-order chi connectivity index (χ0) is 16.7. The minimum Gasteiger partial charge on any atom is -0.303 e. The van der Waals surface area contributed by atoms with Crippen molar-refractivity contribution in [1.29, 1.82) is 0 Å². The first kappa shape index (κ1) is 16.4. The van der Waals surface area contributed by atoms with Gasteiger partial charge in [0.1, 0.15) is 0 Å². The lowest BCUT2D eigenvalue weighted by atomic mass is 9.72. The van der Waals surface area contributed by atoms with Crippen LogP contribution in [0.15, 0.2) is 0 Å². The van der Waals surface area contributed by atoms with Crippen LogP contribution in [0.1, 0.15) is 60.8 Å². The highest BCUT2D eigenvalue weighted by Crippen LogP contribution is 2.69. The maximum absolute atomic E-state index is 2.81. The fraction of sp³-hybridized carbons (Fsp3) is 1.00. The van der Waals surface area contributed by atoms with Gasteiger partial charge in [0.15, 0.2) is 0 Å². The molecule has 0 N–H and O–H groups in total. The first-order valence-electron chi connectivity index (χ1n) is 10.1. The van der Waals surface area contributed by atoms with E-state index in [0.29, 0.717) is 21.7 Å². The second kappa shape index (κ2) is 4.75. The summed E-state index contributed by atoms with van der Waals surface area (Å²) >= 11 is 0. The summed E-state index contributed by atoms with van der Waals surface area (Å²) in [6.07, 6.45) is 4.40. The molecule has 4 atom stereocenters. The molecule has 0 radical (unpaired) electrons. The molecule has 0 spiro atoms. The van der Waals surface area contributed by atoms with Crippen LogP contribution in [-0.4, -0.2) is 49.1 Å². The molecule has 2 saturated heterocycles. The highest BCUT2D eigenvalue weighted by atomic mass is 15.2. The highest BCUT2D eigenvalue weighted by Gasteiger charge is 2.67. The van der Waals surface area contributed by atoms with Gasteiger partial charge in [0.05, 0.1) is 0 Å². The van der Waals surface area contributed by atoms with Gasteiger partial charge in [0.25, 0.3) is 0 Å². The number of likely N-dealkylation sites (tertiary alicyclic amines) is 2. The molecule has 2 heteroatoms. The summed E-state index contributed by atoms with van der Waals surface area (Å²) in [5.74, 6) is 2.00. The third-order valence-electron chi connectivity index (χ3n) is 8.77. The molecule has 0 aromatic rings. The summed E-state index contributed by atoms with van der Waals surface area (Å²) in [6.45, 7) is 22.9. The number of piperidine rings is 2. The van der Waals surface area contributed by atoms with Crippen LogP contribution in [-0.2, 0) is 0 Å². The molecular weight excluding hydrogens is 280 g/mol. The van der Waals surface area contributed by atoms with E-state index in [0.717, 1.165) is 11.8 Å². The Balaban J connectivity index is 1.34. The summed E-state index contributed by atoms with van der Waals surface area (Å²) in [5.41, 5.74) is 2.33. The van der Waals surface area contributed by atoms with Crippen LogP contribution >= 0.6 is 0 Å². The average molecular weight is 319 g/mol. The molecule has 2 heterocycles. The average Bonchev–Trinajstić information content (AvgIpc) is 3.28. The first-order valence-corrected chi connectivity index (χ1v) is 10.1. The van der Waals surface area contributed by atoms with Crippen LogP contribution in [0, 0.1) is 33.5 Å². The fourth-order valence-electron chi connectivity index (χ4n) is 6.47. The lowest BCUT2D eigenvalue weighted by molar-refractivity contribution is 0.115. The molecule has 4 fully saturated rings. The van der Waals surface area contributed by atoms with Crippen molar-refractivity contribution in [3.05, 3.63) is 0 Å². The maximum atomic E-state index is 2.81. The van der Waals surface area contributed by atoms with E-state index in [4.69, 9.17) is 0 Å². The molecule has 0 bridgehead atoms. The Hall–Kier alpha value is -0.0800. The smallest absolute Gasteiger partial charge is 0.00464 e. The van der Waals surface area contributed by atoms with Gasteiger partial charge in [-0.2, -0.15) is 0 Å². The van der Waals surface area contributed by atoms with Gasteiger partial charge >= 0.3 is 0 Å². The standard InChI is InChI=1S/C21H38N2/c1-7-22-12-17-11-21(17,15-22)19(5,6)8-9-23-13-16-10-20(16,14-23)18(2,3)4/h16-17H,7-15H2,1-6H3. The number of hydrogen-bond donors (Lipinski definition) is 0. The number of hydrogen-bond acceptors (Lipinski definition) is 2. The van der Waals surface area contributed by atoms with E-state index in [2.05, 4.69) is 51.3 Å². The molecule has 0 amide bonds. The number of nitrogens with zero attached hydrogens (tertiary/aromatic N) is 2. The molecule has 2 nitrogen and oxygen atoms in total. The molecule has 2 saturated carbocycles. The van der Waals surface area contributed by atoms with Gasteiger partial charge in [-0.25, -0.2) is 0 Å². The van der Waals surface area contributed by atoms with E-state index >= 15 is 0 Å². The molecule has 23 heavy (non-hydrogen) atoms. The largest absolute Gasteiger partial charge is 0.303 e. The predicted octanol–water partition coefficient (Wildman–Crippen LogP) is 4.11. The lowest BCUT2D eigenvalue weighted by Gasteiger charge is -2.37. The highest BCUT2D eigenvalue weighted by molar-refractivity contribution is 5.18. The Bertz CT molecular complexity index is 491. The van der Waals surface area contributed by atoms with Gasteiger partial charge in [0.2, 0.25) is 0 Å². The Labute approximate surface area is 144 Å². The second-order valence-electron chi connectivity index (χ2n) is 11.1. The minimum atomic E-state index is 0.495. The molecule has 4 aliphatic rings. The van der Waals surface area contributed by atoms with Crippen LogP contribution < -0.4 is 0 Å². The topological polar surface area (TPSA) is 6.48 Å². The molecule has 2 aliphatic carbocycles. The van der Waals surface area contributed by atoms with Gasteiger partial charge in [0, 0.05) is 26.2 Å². The SMILES string of the molecule is CCN1CC2CC2(C(C)(C)CCN2CC3CC3(C(C)(C)C)C2)C1. The summed E-state index contributed by atoms with van der Waals surface area (Å²) in [4.78, 5) is 5.50. The van der Waals surface area contributed by atoms with E-state index in [9.17, 15) is 0 Å². The van der Waals surface area contributed by atoms with Gasteiger partial charge in [-0.05, 0) is 65.8 Å². The Morgan fingerprint density at radius 1 is 0.870 bits per heavy atom. The third-order valence-corrected chi connectivity index (χ3v) is 8.77. The van der Waals surface area contributed by atoms with Crippen molar-refractivity contribution >= 4 is 0 Å². The van der Waals surface area contributed by atoms with E-state index in [1.807, 2.05) is 0 Å². The normalized spacial score (nSPS) is 43.6. The van der Waals surface area contributed by atoms with Crippen LogP contribution in [0.3, 0.4) is 0 Å². The zero-order valence-corrected chi connectivity index (χ0v) is 16.4. The molecule has 0 aromatic carbocycles. The Kier molecular flexibility index (Phi) is 3.39. The first-order chi connectivity index (χ1) is 10.6. The maximum Gasteiger partial charge on any atom is 0.00464 e. The van der Waals surface area contributed by atoms with Gasteiger partial charge in [-0.3, -0.25) is 0 Å². The molecule has 0 aromatic heterocycles. The van der Waals surface area contributed by atoms with E-state index in [1.165, 1.54) is 58.5 Å². The van der Waals surface area contributed by atoms with Gasteiger partial charge in [-0.15, -0.1) is 0 Å². The lowest BCUT2D eigenvalue weighted by Crippen LogP contribution is -2.38. The van der Waals surface area contributed by atoms with Crippen molar-refractivity contribution in [2.75, 3.05) is 39.3 Å². The van der Waals surface area contributed by atoms with E-state index in [-0.39, 0.29) is 0 Å². The zero-order valence-electron chi connectivity index (χ0n) is 16.4. The second-order valence-corrected chi connectivity index (χ2v) is 11.1. The van der Waals surface area contributed by atoms with Crippen LogP contribution in [0.25, 0.3) is 0 Å². The van der Waals surface area contributed by atoms with E-state index < -0.39 is 0 Å². The molecule has 4 rings (SSSR count). The number of fused-ring (bicyclic) bond motifs is 2. The van der Waals surface area contributed by atoms with Crippen molar-refractivity contribution in [3.8, 4) is 0 Å². The Morgan fingerprint density at radius 3 is 2.00 bits per heavy atom. The van der Waals surface area contributed by atoms with Crippen molar-refractivity contribution in [2.45, 2.75) is 60.8 Å². The monoisotopic (exact) mass is 318 g/mol. The fourth-order valence-corrected chi connectivity index (χ4v) is 6.47. The quantitative estimate of drug-likeness (QED) is 0.752. The molecule has 2 aliphatic heterocycles. The summed E-state index contributed by atoms with van der Waals surface area (Å²) in [5, 5.41) is 0. The molecular formula is C21H38N2. The van der Waals surface area contributed by atoms with Gasteiger partial charge in [-0.1, -0.05) is 41.5 Å². The van der Waals surface area contributed by atoms with Crippen molar-refractivity contribution in [2.24, 2.45) is 33.5 Å². The van der Waals surface area contributed by atoms with Gasteiger partial charge < -0.3 is 9.80 Å². The minimum absolute atomic E-state index is 0.495. The van der Waals surface area contributed by atoms with E-state index in [1.54, 1.807) is 0 Å². The van der Waals surface area contributed by atoms with Crippen molar-refractivity contribution in [1.82, 2.24) is 9.80 Å². The predicted molar refractivity (Wildman–Crippen MR) is 97.5 cm³/mol. The third kappa shape index (κ3) is 2.27.